The third-order valence-corrected chi connectivity index (χ3v) is 3.98. The number of carbonyl (C=O) groups is 1. The maximum atomic E-state index is 12.2. The quantitative estimate of drug-likeness (QED) is 0.552. The van der Waals surface area contributed by atoms with E-state index < -0.39 is 4.92 Å². The molecule has 6 heteroatoms. The highest BCUT2D eigenvalue weighted by molar-refractivity contribution is 5.90. The van der Waals surface area contributed by atoms with Crippen LogP contribution in [0, 0.1) is 10.1 Å². The minimum Gasteiger partial charge on any atom is -0.508 e. The number of nitrogens with zero attached hydrogens (tertiary/aromatic N) is 1. The number of benzene rings is 3. The molecule has 0 atom stereocenters. The lowest BCUT2D eigenvalue weighted by Crippen LogP contribution is -2.24. The van der Waals surface area contributed by atoms with Crippen LogP contribution < -0.4 is 5.32 Å². The second-order valence-electron chi connectivity index (χ2n) is 5.66. The summed E-state index contributed by atoms with van der Waals surface area (Å²) < 4.78 is 0. The van der Waals surface area contributed by atoms with Crippen LogP contribution in [0.3, 0.4) is 0 Å². The highest BCUT2D eigenvalue weighted by Crippen LogP contribution is 2.23. The normalized spacial score (nSPS) is 10.6. The van der Waals surface area contributed by atoms with Crippen molar-refractivity contribution in [3.8, 4) is 5.75 Å². The number of phenolic OH excluding ortho intramolecular Hbond substituents is 1. The van der Waals surface area contributed by atoms with Gasteiger partial charge in [-0.15, -0.1) is 0 Å². The number of phenols is 1. The zero-order valence-electron chi connectivity index (χ0n) is 13.3. The van der Waals surface area contributed by atoms with Crippen LogP contribution in [0.25, 0.3) is 10.8 Å². The third-order valence-electron chi connectivity index (χ3n) is 3.98. The molecule has 0 aromatic heterocycles. The minimum absolute atomic E-state index is 0.0249. The fourth-order valence-corrected chi connectivity index (χ4v) is 2.70. The molecule has 126 valence electrons. The van der Waals surface area contributed by atoms with Crippen molar-refractivity contribution in [3.63, 3.8) is 0 Å². The Morgan fingerprint density at radius 3 is 2.60 bits per heavy atom. The second kappa shape index (κ2) is 7.00. The van der Waals surface area contributed by atoms with E-state index in [1.54, 1.807) is 0 Å². The van der Waals surface area contributed by atoms with Gasteiger partial charge in [0.1, 0.15) is 5.75 Å². The van der Waals surface area contributed by atoms with Crippen LogP contribution in [-0.2, 0) is 17.8 Å². The van der Waals surface area contributed by atoms with Crippen molar-refractivity contribution in [2.75, 3.05) is 0 Å². The lowest BCUT2D eigenvalue weighted by Gasteiger charge is -2.09. The van der Waals surface area contributed by atoms with Gasteiger partial charge in [0.2, 0.25) is 5.91 Å². The van der Waals surface area contributed by atoms with Crippen molar-refractivity contribution in [2.24, 2.45) is 0 Å². The van der Waals surface area contributed by atoms with Gasteiger partial charge in [-0.05, 0) is 22.4 Å². The van der Waals surface area contributed by atoms with E-state index >= 15 is 0 Å². The largest absolute Gasteiger partial charge is 0.508 e. The molecule has 0 saturated carbocycles. The van der Waals surface area contributed by atoms with Crippen LogP contribution in [0.4, 0.5) is 5.69 Å². The summed E-state index contributed by atoms with van der Waals surface area (Å²) in [6, 6.07) is 17.3. The second-order valence-corrected chi connectivity index (χ2v) is 5.66. The lowest BCUT2D eigenvalue weighted by molar-refractivity contribution is -0.384. The Labute approximate surface area is 143 Å². The number of non-ortho nitro benzene ring substituents is 1. The number of aromatic hydroxyl groups is 1. The molecular formula is C19H16N2O4. The maximum absolute atomic E-state index is 12.2. The summed E-state index contributed by atoms with van der Waals surface area (Å²) in [5.41, 5.74) is 1.08. The number of amides is 1. The van der Waals surface area contributed by atoms with Gasteiger partial charge in [-0.25, -0.2) is 0 Å². The van der Waals surface area contributed by atoms with Gasteiger partial charge in [0.25, 0.3) is 5.69 Å². The Balaban J connectivity index is 1.71. The Morgan fingerprint density at radius 2 is 1.80 bits per heavy atom. The first kappa shape index (κ1) is 16.4. The van der Waals surface area contributed by atoms with Gasteiger partial charge in [-0.2, -0.15) is 0 Å². The molecule has 0 aliphatic heterocycles. The summed E-state index contributed by atoms with van der Waals surface area (Å²) in [5, 5.41) is 25.4. The average molecular weight is 336 g/mol. The minimum atomic E-state index is -0.541. The first-order valence-corrected chi connectivity index (χ1v) is 7.74. The van der Waals surface area contributed by atoms with E-state index in [9.17, 15) is 20.0 Å². The summed E-state index contributed by atoms with van der Waals surface area (Å²) in [4.78, 5) is 22.5. The van der Waals surface area contributed by atoms with Gasteiger partial charge in [0.15, 0.2) is 0 Å². The van der Waals surface area contributed by atoms with Crippen LogP contribution in [0.5, 0.6) is 5.75 Å². The van der Waals surface area contributed by atoms with Crippen LogP contribution in [-0.4, -0.2) is 15.9 Å². The van der Waals surface area contributed by atoms with Gasteiger partial charge < -0.3 is 10.4 Å². The Bertz CT molecular complexity index is 948. The smallest absolute Gasteiger partial charge is 0.270 e. The lowest BCUT2D eigenvalue weighted by atomic mass is 10.0. The summed E-state index contributed by atoms with van der Waals surface area (Å²) >= 11 is 0. The first-order chi connectivity index (χ1) is 12.0. The number of carbonyl (C=O) groups excluding carboxylic acids is 1. The molecule has 1 amide bonds. The molecule has 2 N–H and O–H groups in total. The highest BCUT2D eigenvalue weighted by Gasteiger charge is 2.12. The van der Waals surface area contributed by atoms with E-state index in [1.165, 1.54) is 18.2 Å². The number of rotatable bonds is 5. The number of nitro benzene ring substituents is 1. The molecule has 0 fully saturated rings. The fourth-order valence-electron chi connectivity index (χ4n) is 2.70. The van der Waals surface area contributed by atoms with Gasteiger partial charge in [0, 0.05) is 24.2 Å². The molecule has 25 heavy (non-hydrogen) atoms. The number of nitrogens with one attached hydrogen (secondary N) is 1. The predicted octanol–water partition coefficient (Wildman–Crippen LogP) is 3.31. The van der Waals surface area contributed by atoms with Gasteiger partial charge in [-0.1, -0.05) is 42.5 Å². The van der Waals surface area contributed by atoms with Gasteiger partial charge in [0.05, 0.1) is 11.3 Å². The van der Waals surface area contributed by atoms with Crippen LogP contribution >= 0.6 is 0 Å². The number of hydrogen-bond donors (Lipinski definition) is 2. The Hall–Kier alpha value is -3.41. The van der Waals surface area contributed by atoms with Crippen molar-refractivity contribution in [3.05, 3.63) is 81.9 Å². The number of fused-ring (bicyclic) bond motifs is 1. The van der Waals surface area contributed by atoms with E-state index in [0.717, 1.165) is 16.3 Å². The zero-order chi connectivity index (χ0) is 17.8. The van der Waals surface area contributed by atoms with Crippen molar-refractivity contribution < 1.29 is 14.8 Å². The third kappa shape index (κ3) is 3.74. The monoisotopic (exact) mass is 336 g/mol. The molecule has 0 aliphatic carbocycles. The fraction of sp³-hybridized carbons (Fsp3) is 0.105. The van der Waals surface area contributed by atoms with E-state index in [0.29, 0.717) is 5.56 Å². The van der Waals surface area contributed by atoms with Crippen LogP contribution in [0.15, 0.2) is 60.7 Å². The van der Waals surface area contributed by atoms with Gasteiger partial charge >= 0.3 is 0 Å². The van der Waals surface area contributed by atoms with Crippen molar-refractivity contribution in [1.82, 2.24) is 5.32 Å². The molecule has 0 radical (unpaired) electrons. The van der Waals surface area contributed by atoms with Crippen LogP contribution in [0.1, 0.15) is 11.1 Å². The molecule has 3 rings (SSSR count). The summed E-state index contributed by atoms with van der Waals surface area (Å²) in [6.45, 7) is 0.0249. The zero-order valence-corrected chi connectivity index (χ0v) is 13.3. The highest BCUT2D eigenvalue weighted by atomic mass is 16.6. The summed E-state index contributed by atoms with van der Waals surface area (Å²) in [6.07, 6.45) is 0.192. The standard InChI is InChI=1S/C19H16N2O4/c22-18-9-8-16(21(24)25)10-15(18)12-20-19(23)11-14-6-3-5-13-4-1-2-7-17(13)14/h1-10,22H,11-12H2,(H,20,23). The van der Waals surface area contributed by atoms with E-state index in [1.807, 2.05) is 42.5 Å². The summed E-state index contributed by atoms with van der Waals surface area (Å²) in [5.74, 6) is -0.307. The molecule has 0 spiro atoms. The summed E-state index contributed by atoms with van der Waals surface area (Å²) in [7, 11) is 0. The van der Waals surface area contributed by atoms with E-state index in [4.69, 9.17) is 0 Å². The number of hydrogen-bond acceptors (Lipinski definition) is 4. The molecule has 0 unspecified atom stereocenters. The van der Waals surface area contributed by atoms with Crippen molar-refractivity contribution in [2.45, 2.75) is 13.0 Å². The first-order valence-electron chi connectivity index (χ1n) is 7.74. The Kier molecular flexibility index (Phi) is 4.61. The molecule has 3 aromatic carbocycles. The molecule has 0 aliphatic rings. The molecule has 0 bridgehead atoms. The molecular weight excluding hydrogens is 320 g/mol. The average Bonchev–Trinajstić information content (AvgIpc) is 2.61. The topological polar surface area (TPSA) is 92.5 Å². The van der Waals surface area contributed by atoms with E-state index in [-0.39, 0.29) is 30.3 Å². The van der Waals surface area contributed by atoms with E-state index in [2.05, 4.69) is 5.32 Å². The molecule has 3 aromatic rings. The van der Waals surface area contributed by atoms with Crippen LogP contribution in [0.2, 0.25) is 0 Å². The molecule has 0 saturated heterocycles. The Morgan fingerprint density at radius 1 is 1.04 bits per heavy atom. The molecule has 6 nitrogen and oxygen atoms in total. The van der Waals surface area contributed by atoms with Gasteiger partial charge in [-0.3, -0.25) is 14.9 Å². The predicted molar refractivity (Wildman–Crippen MR) is 94.3 cm³/mol. The SMILES string of the molecule is O=C(Cc1cccc2ccccc12)NCc1cc([N+](=O)[O-])ccc1O. The van der Waals surface area contributed by atoms with Crippen molar-refractivity contribution >= 4 is 22.4 Å². The van der Waals surface area contributed by atoms with Crippen molar-refractivity contribution in [1.29, 1.82) is 0 Å². The maximum Gasteiger partial charge on any atom is 0.270 e. The number of nitro groups is 1. The molecule has 0 heterocycles.